The first-order valence-electron chi connectivity index (χ1n) is 8.52. The molecule has 0 unspecified atom stereocenters. The lowest BCUT2D eigenvalue weighted by molar-refractivity contribution is 0.241. The van der Waals surface area contributed by atoms with E-state index < -0.39 is 0 Å². The van der Waals surface area contributed by atoms with Crippen LogP contribution in [0.15, 0.2) is 16.9 Å². The molecule has 4 rings (SSSR count). The van der Waals surface area contributed by atoms with E-state index in [0.717, 1.165) is 57.1 Å². The van der Waals surface area contributed by atoms with Crippen molar-refractivity contribution in [3.05, 3.63) is 35.1 Å². The SMILES string of the molecule is Cc1nc2c(c(N3CCN(Cc4ccon4)CC3)n1)CCCC2. The van der Waals surface area contributed by atoms with Gasteiger partial charge in [0.1, 0.15) is 17.9 Å². The average molecular weight is 313 g/mol. The Morgan fingerprint density at radius 2 is 1.91 bits per heavy atom. The van der Waals surface area contributed by atoms with E-state index in [-0.39, 0.29) is 0 Å². The van der Waals surface area contributed by atoms with Crippen molar-refractivity contribution < 1.29 is 4.52 Å². The predicted octanol–water partition coefficient (Wildman–Crippen LogP) is 1.97. The standard InChI is InChI=1S/C17H23N5O/c1-13-18-16-5-3-2-4-15(16)17(19-13)22-9-7-21(8-10-22)12-14-6-11-23-20-14/h6,11H,2-5,7-10,12H2,1H3. The number of aromatic nitrogens is 3. The van der Waals surface area contributed by atoms with Crippen molar-refractivity contribution >= 4 is 5.82 Å². The molecule has 6 heteroatoms. The van der Waals surface area contributed by atoms with Crippen LogP contribution < -0.4 is 4.90 Å². The second-order valence-electron chi connectivity index (χ2n) is 6.48. The van der Waals surface area contributed by atoms with Crippen LogP contribution in [0.2, 0.25) is 0 Å². The first-order chi connectivity index (χ1) is 11.3. The number of hydrogen-bond acceptors (Lipinski definition) is 6. The first-order valence-corrected chi connectivity index (χ1v) is 8.52. The third kappa shape index (κ3) is 3.08. The van der Waals surface area contributed by atoms with Crippen LogP contribution in [0, 0.1) is 6.92 Å². The van der Waals surface area contributed by atoms with E-state index in [2.05, 4.69) is 19.9 Å². The van der Waals surface area contributed by atoms with Gasteiger partial charge in [-0.15, -0.1) is 0 Å². The maximum absolute atomic E-state index is 4.92. The van der Waals surface area contributed by atoms with Crippen LogP contribution in [0.25, 0.3) is 0 Å². The molecule has 0 aromatic carbocycles. The molecule has 2 aromatic rings. The molecule has 2 aliphatic rings. The van der Waals surface area contributed by atoms with Crippen molar-refractivity contribution in [2.45, 2.75) is 39.2 Å². The molecule has 2 aromatic heterocycles. The summed E-state index contributed by atoms with van der Waals surface area (Å²) in [6.45, 7) is 6.97. The summed E-state index contributed by atoms with van der Waals surface area (Å²) in [6.07, 6.45) is 6.40. The molecule has 0 atom stereocenters. The molecule has 1 aliphatic heterocycles. The fraction of sp³-hybridized carbons (Fsp3) is 0.588. The van der Waals surface area contributed by atoms with Crippen molar-refractivity contribution in [3.8, 4) is 0 Å². The molecule has 1 aliphatic carbocycles. The molecule has 0 saturated carbocycles. The van der Waals surface area contributed by atoms with Crippen molar-refractivity contribution in [2.75, 3.05) is 31.1 Å². The number of anilines is 1. The summed E-state index contributed by atoms with van der Waals surface area (Å²) in [7, 11) is 0. The van der Waals surface area contributed by atoms with Crippen LogP contribution in [-0.2, 0) is 19.4 Å². The highest BCUT2D eigenvalue weighted by Crippen LogP contribution is 2.28. The Bertz CT molecular complexity index is 662. The molecule has 0 radical (unpaired) electrons. The summed E-state index contributed by atoms with van der Waals surface area (Å²) in [5.74, 6) is 2.10. The molecule has 6 nitrogen and oxygen atoms in total. The van der Waals surface area contributed by atoms with Gasteiger partial charge in [0.2, 0.25) is 0 Å². The minimum Gasteiger partial charge on any atom is -0.364 e. The number of aryl methyl sites for hydroxylation is 2. The average Bonchev–Trinajstić information content (AvgIpc) is 3.08. The van der Waals surface area contributed by atoms with Gasteiger partial charge in [-0.25, -0.2) is 9.97 Å². The summed E-state index contributed by atoms with van der Waals surface area (Å²) in [6, 6.07) is 1.94. The van der Waals surface area contributed by atoms with Crippen LogP contribution >= 0.6 is 0 Å². The first kappa shape index (κ1) is 14.6. The highest BCUT2D eigenvalue weighted by molar-refractivity contribution is 5.50. The van der Waals surface area contributed by atoms with E-state index in [9.17, 15) is 0 Å². The van der Waals surface area contributed by atoms with E-state index in [0.29, 0.717) is 0 Å². The highest BCUT2D eigenvalue weighted by Gasteiger charge is 2.24. The van der Waals surface area contributed by atoms with Gasteiger partial charge in [-0.2, -0.15) is 0 Å². The number of piperazine rings is 1. The molecule has 23 heavy (non-hydrogen) atoms. The van der Waals surface area contributed by atoms with Crippen molar-refractivity contribution in [3.63, 3.8) is 0 Å². The Morgan fingerprint density at radius 1 is 1.09 bits per heavy atom. The lowest BCUT2D eigenvalue weighted by Crippen LogP contribution is -2.46. The molecule has 1 saturated heterocycles. The summed E-state index contributed by atoms with van der Waals surface area (Å²) in [5.41, 5.74) is 3.68. The molecule has 122 valence electrons. The lowest BCUT2D eigenvalue weighted by atomic mass is 9.96. The largest absolute Gasteiger partial charge is 0.364 e. The summed E-state index contributed by atoms with van der Waals surface area (Å²) >= 11 is 0. The van der Waals surface area contributed by atoms with Gasteiger partial charge >= 0.3 is 0 Å². The van der Waals surface area contributed by atoms with Crippen LogP contribution in [0.5, 0.6) is 0 Å². The van der Waals surface area contributed by atoms with E-state index in [1.165, 1.54) is 29.9 Å². The maximum Gasteiger partial charge on any atom is 0.135 e. The fourth-order valence-corrected chi connectivity index (χ4v) is 3.62. The van der Waals surface area contributed by atoms with E-state index in [1.807, 2.05) is 13.0 Å². The van der Waals surface area contributed by atoms with Crippen LogP contribution in [0.1, 0.15) is 35.6 Å². The maximum atomic E-state index is 4.92. The Balaban J connectivity index is 1.47. The van der Waals surface area contributed by atoms with E-state index in [1.54, 1.807) is 6.26 Å². The fourth-order valence-electron chi connectivity index (χ4n) is 3.62. The van der Waals surface area contributed by atoms with Crippen LogP contribution in [0.4, 0.5) is 5.82 Å². The zero-order valence-electron chi connectivity index (χ0n) is 13.7. The molecule has 0 spiro atoms. The monoisotopic (exact) mass is 313 g/mol. The second-order valence-corrected chi connectivity index (χ2v) is 6.48. The van der Waals surface area contributed by atoms with Crippen molar-refractivity contribution in [1.82, 2.24) is 20.0 Å². The smallest absolute Gasteiger partial charge is 0.135 e. The summed E-state index contributed by atoms with van der Waals surface area (Å²) < 4.78 is 4.92. The van der Waals surface area contributed by atoms with Gasteiger partial charge in [-0.1, -0.05) is 5.16 Å². The lowest BCUT2D eigenvalue weighted by Gasteiger charge is -2.36. The van der Waals surface area contributed by atoms with Crippen molar-refractivity contribution in [2.24, 2.45) is 0 Å². The number of rotatable bonds is 3. The minimum absolute atomic E-state index is 0.866. The van der Waals surface area contributed by atoms with Gasteiger partial charge in [0.05, 0.1) is 5.69 Å². The molecule has 0 bridgehead atoms. The molecule has 0 N–H and O–H groups in total. The predicted molar refractivity (Wildman–Crippen MR) is 87.4 cm³/mol. The molecule has 1 fully saturated rings. The van der Waals surface area contributed by atoms with Gasteiger partial charge in [0, 0.05) is 50.0 Å². The Morgan fingerprint density at radius 3 is 2.70 bits per heavy atom. The molecular formula is C17H23N5O. The van der Waals surface area contributed by atoms with E-state index in [4.69, 9.17) is 9.51 Å². The quantitative estimate of drug-likeness (QED) is 0.863. The second kappa shape index (κ2) is 6.28. The molecular weight excluding hydrogens is 290 g/mol. The van der Waals surface area contributed by atoms with Gasteiger partial charge in [-0.05, 0) is 32.6 Å². The van der Waals surface area contributed by atoms with Crippen molar-refractivity contribution in [1.29, 1.82) is 0 Å². The van der Waals surface area contributed by atoms with Gasteiger partial charge in [-0.3, -0.25) is 4.90 Å². The number of nitrogens with zero attached hydrogens (tertiary/aromatic N) is 5. The topological polar surface area (TPSA) is 58.3 Å². The molecule has 3 heterocycles. The molecule has 0 amide bonds. The van der Waals surface area contributed by atoms with Gasteiger partial charge in [0.25, 0.3) is 0 Å². The summed E-state index contributed by atoms with van der Waals surface area (Å²) in [4.78, 5) is 14.3. The number of hydrogen-bond donors (Lipinski definition) is 0. The zero-order chi connectivity index (χ0) is 15.6. The summed E-state index contributed by atoms with van der Waals surface area (Å²) in [5, 5.41) is 4.01. The van der Waals surface area contributed by atoms with Crippen LogP contribution in [0.3, 0.4) is 0 Å². The van der Waals surface area contributed by atoms with Gasteiger partial charge < -0.3 is 9.42 Å². The minimum atomic E-state index is 0.866. The van der Waals surface area contributed by atoms with E-state index >= 15 is 0 Å². The number of fused-ring (bicyclic) bond motifs is 1. The third-order valence-electron chi connectivity index (χ3n) is 4.82. The Labute approximate surface area is 136 Å². The zero-order valence-corrected chi connectivity index (χ0v) is 13.7. The Hall–Kier alpha value is -1.95. The van der Waals surface area contributed by atoms with Crippen LogP contribution in [-0.4, -0.2) is 46.2 Å². The highest BCUT2D eigenvalue weighted by atomic mass is 16.5. The normalized spacial score (nSPS) is 18.9. The Kier molecular flexibility index (Phi) is 3.99. The van der Waals surface area contributed by atoms with Gasteiger partial charge in [0.15, 0.2) is 0 Å². The third-order valence-corrected chi connectivity index (χ3v) is 4.82.